The third-order valence-electron chi connectivity index (χ3n) is 1.74. The molecule has 0 aromatic carbocycles. The number of thioether (sulfide) groups is 1. The van der Waals surface area contributed by atoms with Gasteiger partial charge in [0.2, 0.25) is 0 Å². The Balaban J connectivity index is 2.65. The summed E-state index contributed by atoms with van der Waals surface area (Å²) in [4.78, 5) is 3.83. The van der Waals surface area contributed by atoms with Gasteiger partial charge in [-0.1, -0.05) is 0 Å². The number of aromatic nitrogens is 1. The van der Waals surface area contributed by atoms with Crippen molar-refractivity contribution < 1.29 is 13.2 Å². The molecule has 1 atom stereocenters. The van der Waals surface area contributed by atoms with Gasteiger partial charge in [-0.3, -0.25) is 0 Å². The Labute approximate surface area is 94.5 Å². The fourth-order valence-corrected chi connectivity index (χ4v) is 1.85. The number of nitriles is 1. The van der Waals surface area contributed by atoms with Crippen LogP contribution >= 0.6 is 11.8 Å². The van der Waals surface area contributed by atoms with Gasteiger partial charge in [0.1, 0.15) is 5.03 Å². The van der Waals surface area contributed by atoms with E-state index in [1.54, 1.807) is 12.1 Å². The zero-order valence-electron chi connectivity index (χ0n) is 8.03. The molecular formula is C9H8F3N3S. The molecule has 0 fully saturated rings. The first-order valence-electron chi connectivity index (χ1n) is 4.24. The van der Waals surface area contributed by atoms with Crippen LogP contribution in [0.2, 0.25) is 0 Å². The van der Waals surface area contributed by atoms with Gasteiger partial charge in [-0.15, -0.1) is 11.8 Å². The van der Waals surface area contributed by atoms with Crippen LogP contribution in [-0.4, -0.2) is 16.9 Å². The average molecular weight is 247 g/mol. The predicted molar refractivity (Wildman–Crippen MR) is 54.5 cm³/mol. The molecular weight excluding hydrogens is 239 g/mol. The van der Waals surface area contributed by atoms with Gasteiger partial charge in [-0.05, 0) is 12.1 Å². The molecule has 1 aromatic rings. The predicted octanol–water partition coefficient (Wildman–Crippen LogP) is 2.46. The number of alkyl halides is 3. The molecule has 0 aliphatic rings. The van der Waals surface area contributed by atoms with Crippen LogP contribution in [-0.2, 0) is 0 Å². The number of hydrogen-bond acceptors (Lipinski definition) is 4. The molecule has 16 heavy (non-hydrogen) atoms. The topological polar surface area (TPSA) is 62.7 Å². The average Bonchev–Trinajstić information content (AvgIpc) is 2.19. The van der Waals surface area contributed by atoms with Crippen LogP contribution in [0.1, 0.15) is 0 Å². The van der Waals surface area contributed by atoms with Gasteiger partial charge < -0.3 is 5.73 Å². The van der Waals surface area contributed by atoms with Gasteiger partial charge in [0, 0.05) is 11.9 Å². The van der Waals surface area contributed by atoms with Crippen molar-refractivity contribution in [1.82, 2.24) is 4.98 Å². The van der Waals surface area contributed by atoms with E-state index in [1.807, 2.05) is 0 Å². The highest BCUT2D eigenvalue weighted by molar-refractivity contribution is 7.99. The minimum Gasteiger partial charge on any atom is -0.397 e. The van der Waals surface area contributed by atoms with E-state index in [9.17, 15) is 13.2 Å². The van der Waals surface area contributed by atoms with E-state index in [4.69, 9.17) is 11.0 Å². The van der Waals surface area contributed by atoms with Crippen LogP contribution in [0.4, 0.5) is 18.9 Å². The van der Waals surface area contributed by atoms with Crippen LogP contribution in [0.15, 0.2) is 23.4 Å². The summed E-state index contributed by atoms with van der Waals surface area (Å²) < 4.78 is 36.7. The Kier molecular flexibility index (Phi) is 4.01. The first kappa shape index (κ1) is 12.6. The fraction of sp³-hybridized carbons (Fsp3) is 0.333. The number of nitrogens with zero attached hydrogens (tertiary/aromatic N) is 2. The summed E-state index contributed by atoms with van der Waals surface area (Å²) in [5.41, 5.74) is 5.82. The van der Waals surface area contributed by atoms with Gasteiger partial charge in [0.05, 0.1) is 11.8 Å². The highest BCUT2D eigenvalue weighted by atomic mass is 32.2. The van der Waals surface area contributed by atoms with Gasteiger partial charge in [-0.2, -0.15) is 18.4 Å². The molecule has 2 N–H and O–H groups in total. The van der Waals surface area contributed by atoms with E-state index in [0.717, 1.165) is 11.8 Å². The van der Waals surface area contributed by atoms with Crippen LogP contribution in [0.3, 0.4) is 0 Å². The Morgan fingerprint density at radius 1 is 1.56 bits per heavy atom. The van der Waals surface area contributed by atoms with Crippen molar-refractivity contribution >= 4 is 17.4 Å². The summed E-state index contributed by atoms with van der Waals surface area (Å²) in [6.07, 6.45) is -3.07. The maximum atomic E-state index is 12.2. The number of rotatable bonds is 3. The lowest BCUT2D eigenvalue weighted by atomic mass is 10.2. The van der Waals surface area contributed by atoms with E-state index in [-0.39, 0.29) is 0 Å². The largest absolute Gasteiger partial charge is 0.405 e. The third kappa shape index (κ3) is 3.31. The maximum absolute atomic E-state index is 12.2. The molecule has 0 aliphatic carbocycles. The zero-order chi connectivity index (χ0) is 12.2. The number of halogens is 3. The van der Waals surface area contributed by atoms with E-state index >= 15 is 0 Å². The number of hydrogen-bond donors (Lipinski definition) is 1. The van der Waals surface area contributed by atoms with Crippen LogP contribution < -0.4 is 5.73 Å². The molecule has 1 unspecified atom stereocenters. The molecule has 0 amide bonds. The zero-order valence-corrected chi connectivity index (χ0v) is 8.85. The molecule has 1 rings (SSSR count). The Bertz CT molecular complexity index is 400. The van der Waals surface area contributed by atoms with Crippen LogP contribution in [0.25, 0.3) is 0 Å². The second-order valence-electron chi connectivity index (χ2n) is 2.93. The summed E-state index contributed by atoms with van der Waals surface area (Å²) in [5, 5.41) is 8.69. The van der Waals surface area contributed by atoms with Crippen LogP contribution in [0.5, 0.6) is 0 Å². The third-order valence-corrected chi connectivity index (χ3v) is 2.85. The standard InChI is InChI=1S/C9H8F3N3S/c10-9(11,12)6(4-13)5-16-8-7(14)2-1-3-15-8/h1-3,6H,5,14H2. The Morgan fingerprint density at radius 3 is 2.75 bits per heavy atom. The van der Waals surface area contributed by atoms with Crippen molar-refractivity contribution in [2.24, 2.45) is 5.92 Å². The number of pyridine rings is 1. The van der Waals surface area contributed by atoms with E-state index in [0.29, 0.717) is 10.7 Å². The SMILES string of the molecule is N#CC(CSc1ncccc1N)C(F)(F)F. The van der Waals surface area contributed by atoms with Crippen molar-refractivity contribution in [3.8, 4) is 6.07 Å². The second kappa shape index (κ2) is 5.07. The van der Waals surface area contributed by atoms with E-state index < -0.39 is 17.8 Å². The fourth-order valence-electron chi connectivity index (χ4n) is 0.891. The highest BCUT2D eigenvalue weighted by Crippen LogP contribution is 2.32. The van der Waals surface area contributed by atoms with Crippen molar-refractivity contribution in [2.75, 3.05) is 11.5 Å². The first-order valence-corrected chi connectivity index (χ1v) is 5.23. The molecule has 1 heterocycles. The number of nitrogen functional groups attached to an aromatic ring is 1. The lowest BCUT2D eigenvalue weighted by molar-refractivity contribution is -0.152. The molecule has 0 radical (unpaired) electrons. The van der Waals surface area contributed by atoms with E-state index in [2.05, 4.69) is 4.98 Å². The van der Waals surface area contributed by atoms with Crippen molar-refractivity contribution in [2.45, 2.75) is 11.2 Å². The Hall–Kier alpha value is -1.42. The van der Waals surface area contributed by atoms with Gasteiger partial charge in [-0.25, -0.2) is 4.98 Å². The molecule has 3 nitrogen and oxygen atoms in total. The lowest BCUT2D eigenvalue weighted by Gasteiger charge is -2.12. The highest BCUT2D eigenvalue weighted by Gasteiger charge is 2.39. The monoisotopic (exact) mass is 247 g/mol. The Morgan fingerprint density at radius 2 is 2.25 bits per heavy atom. The van der Waals surface area contributed by atoms with Crippen molar-refractivity contribution in [1.29, 1.82) is 5.26 Å². The van der Waals surface area contributed by atoms with Gasteiger partial charge in [0.25, 0.3) is 0 Å². The van der Waals surface area contributed by atoms with Crippen molar-refractivity contribution in [3.63, 3.8) is 0 Å². The summed E-state index contributed by atoms with van der Waals surface area (Å²) in [5.74, 6) is -2.40. The minimum absolute atomic E-state index is 0.311. The molecule has 0 saturated carbocycles. The summed E-state index contributed by atoms with van der Waals surface area (Å²) >= 11 is 0.828. The molecule has 0 saturated heterocycles. The molecule has 0 aliphatic heterocycles. The number of nitrogens with two attached hydrogens (primary N) is 1. The first-order chi connectivity index (χ1) is 7.45. The molecule has 86 valence electrons. The minimum atomic E-state index is -4.51. The molecule has 1 aromatic heterocycles. The van der Waals surface area contributed by atoms with Crippen LogP contribution in [0, 0.1) is 17.2 Å². The molecule has 0 bridgehead atoms. The van der Waals surface area contributed by atoms with E-state index in [1.165, 1.54) is 12.3 Å². The lowest BCUT2D eigenvalue weighted by Crippen LogP contribution is -2.23. The molecule has 0 spiro atoms. The number of anilines is 1. The van der Waals surface area contributed by atoms with Crippen molar-refractivity contribution in [3.05, 3.63) is 18.3 Å². The smallest absolute Gasteiger partial charge is 0.397 e. The summed E-state index contributed by atoms with van der Waals surface area (Å²) in [6.45, 7) is 0. The molecule has 7 heteroatoms. The second-order valence-corrected chi connectivity index (χ2v) is 3.94. The van der Waals surface area contributed by atoms with Gasteiger partial charge in [0.15, 0.2) is 5.92 Å². The maximum Gasteiger partial charge on any atom is 0.405 e. The quantitative estimate of drug-likeness (QED) is 0.833. The van der Waals surface area contributed by atoms with Gasteiger partial charge >= 0.3 is 6.18 Å². The summed E-state index contributed by atoms with van der Waals surface area (Å²) in [6, 6.07) is 4.35. The normalized spacial score (nSPS) is 13.1. The summed E-state index contributed by atoms with van der Waals surface area (Å²) in [7, 11) is 0.